The van der Waals surface area contributed by atoms with Crippen LogP contribution < -0.4 is 4.74 Å². The van der Waals surface area contributed by atoms with Crippen LogP contribution in [-0.4, -0.2) is 15.2 Å². The molecule has 0 aliphatic rings. The van der Waals surface area contributed by atoms with Crippen LogP contribution in [0.4, 0.5) is 0 Å². The van der Waals surface area contributed by atoms with Crippen molar-refractivity contribution in [3.05, 3.63) is 77.6 Å². The molecule has 1 aromatic heterocycles. The number of fused-ring (bicyclic) bond motifs is 1. The van der Waals surface area contributed by atoms with Crippen LogP contribution in [0.2, 0.25) is 5.02 Å². The Kier molecular flexibility index (Phi) is 3.89. The van der Waals surface area contributed by atoms with Crippen molar-refractivity contribution in [3.8, 4) is 17.1 Å². The number of halogens is 1. The van der Waals surface area contributed by atoms with Gasteiger partial charge in [0.15, 0.2) is 11.6 Å². The maximum absolute atomic E-state index is 5.92. The van der Waals surface area contributed by atoms with E-state index in [0.717, 1.165) is 22.1 Å². The Bertz CT molecular complexity index is 974. The first kappa shape index (κ1) is 14.7. The van der Waals surface area contributed by atoms with Crippen molar-refractivity contribution < 1.29 is 4.74 Å². The van der Waals surface area contributed by atoms with E-state index in [1.165, 1.54) is 0 Å². The molecule has 0 atom stereocenters. The van der Waals surface area contributed by atoms with Crippen molar-refractivity contribution in [2.24, 2.45) is 0 Å². The molecular formula is C19H14ClN3O. The maximum atomic E-state index is 5.92. The number of nitrogens with zero attached hydrogens (tertiary/aromatic N) is 2. The molecule has 5 heteroatoms. The van der Waals surface area contributed by atoms with Crippen molar-refractivity contribution in [2.75, 3.05) is 0 Å². The SMILES string of the molecule is Clc1ccc(-c2n[nH]c(COc3cccc4ccccc34)n2)cc1. The van der Waals surface area contributed by atoms with Crippen LogP contribution in [0.5, 0.6) is 5.75 Å². The van der Waals surface area contributed by atoms with E-state index in [0.29, 0.717) is 23.3 Å². The first-order valence-electron chi connectivity index (χ1n) is 7.57. The highest BCUT2D eigenvalue weighted by molar-refractivity contribution is 6.30. The van der Waals surface area contributed by atoms with E-state index in [1.807, 2.05) is 54.6 Å². The molecular weight excluding hydrogens is 322 g/mol. The monoisotopic (exact) mass is 335 g/mol. The van der Waals surface area contributed by atoms with Crippen LogP contribution in [0.1, 0.15) is 5.82 Å². The molecule has 4 nitrogen and oxygen atoms in total. The summed E-state index contributed by atoms with van der Waals surface area (Å²) in [6.07, 6.45) is 0. The first-order chi connectivity index (χ1) is 11.8. The van der Waals surface area contributed by atoms with Gasteiger partial charge in [-0.1, -0.05) is 48.0 Å². The van der Waals surface area contributed by atoms with Gasteiger partial charge in [-0.3, -0.25) is 5.10 Å². The Hall–Kier alpha value is -2.85. The summed E-state index contributed by atoms with van der Waals surface area (Å²) >= 11 is 5.90. The fraction of sp³-hybridized carbons (Fsp3) is 0.0526. The normalized spacial score (nSPS) is 10.9. The van der Waals surface area contributed by atoms with E-state index in [-0.39, 0.29) is 0 Å². The Morgan fingerprint density at radius 3 is 2.58 bits per heavy atom. The van der Waals surface area contributed by atoms with E-state index < -0.39 is 0 Å². The highest BCUT2D eigenvalue weighted by atomic mass is 35.5. The summed E-state index contributed by atoms with van der Waals surface area (Å²) in [5.41, 5.74) is 0.909. The largest absolute Gasteiger partial charge is 0.485 e. The number of ether oxygens (including phenoxy) is 1. The Morgan fingerprint density at radius 1 is 0.917 bits per heavy atom. The van der Waals surface area contributed by atoms with Gasteiger partial charge in [0.2, 0.25) is 0 Å². The second-order valence-corrected chi connectivity index (χ2v) is 5.81. The summed E-state index contributed by atoms with van der Waals surface area (Å²) in [6, 6.07) is 21.6. The molecule has 1 N–H and O–H groups in total. The lowest BCUT2D eigenvalue weighted by Gasteiger charge is -2.07. The summed E-state index contributed by atoms with van der Waals surface area (Å²) in [7, 11) is 0. The van der Waals surface area contributed by atoms with Crippen molar-refractivity contribution in [2.45, 2.75) is 6.61 Å². The standard InChI is InChI=1S/C19H14ClN3O/c20-15-10-8-14(9-11-15)19-21-18(22-23-19)12-24-17-7-3-5-13-4-1-2-6-16(13)17/h1-11H,12H2,(H,21,22,23). The molecule has 0 amide bonds. The average Bonchev–Trinajstić information content (AvgIpc) is 3.09. The molecule has 0 saturated carbocycles. The lowest BCUT2D eigenvalue weighted by Crippen LogP contribution is -1.98. The third kappa shape index (κ3) is 2.96. The van der Waals surface area contributed by atoms with Gasteiger partial charge in [-0.25, -0.2) is 4.98 Å². The van der Waals surface area contributed by atoms with Crippen LogP contribution in [0.25, 0.3) is 22.2 Å². The van der Waals surface area contributed by atoms with Gasteiger partial charge < -0.3 is 4.74 Å². The summed E-state index contributed by atoms with van der Waals surface area (Å²) in [6.45, 7) is 0.328. The fourth-order valence-corrected chi connectivity index (χ4v) is 2.68. The molecule has 24 heavy (non-hydrogen) atoms. The zero-order chi connectivity index (χ0) is 16.4. The molecule has 0 fully saturated rings. The van der Waals surface area contributed by atoms with E-state index in [9.17, 15) is 0 Å². The summed E-state index contributed by atoms with van der Waals surface area (Å²) in [5.74, 6) is 2.13. The molecule has 0 bridgehead atoms. The number of nitrogens with one attached hydrogen (secondary N) is 1. The highest BCUT2D eigenvalue weighted by Crippen LogP contribution is 2.26. The maximum Gasteiger partial charge on any atom is 0.181 e. The number of benzene rings is 3. The average molecular weight is 336 g/mol. The van der Waals surface area contributed by atoms with E-state index >= 15 is 0 Å². The first-order valence-corrected chi connectivity index (χ1v) is 7.95. The molecule has 4 rings (SSSR count). The minimum absolute atomic E-state index is 0.328. The predicted molar refractivity (Wildman–Crippen MR) is 95.1 cm³/mol. The minimum Gasteiger partial charge on any atom is -0.485 e. The fourth-order valence-electron chi connectivity index (χ4n) is 2.56. The van der Waals surface area contributed by atoms with Crippen LogP contribution >= 0.6 is 11.6 Å². The van der Waals surface area contributed by atoms with Gasteiger partial charge in [0.05, 0.1) is 0 Å². The van der Waals surface area contributed by atoms with Crippen LogP contribution in [-0.2, 0) is 6.61 Å². The molecule has 0 spiro atoms. The van der Waals surface area contributed by atoms with E-state index in [4.69, 9.17) is 16.3 Å². The Labute approximate surface area is 144 Å². The second-order valence-electron chi connectivity index (χ2n) is 5.38. The number of aromatic amines is 1. The summed E-state index contributed by atoms with van der Waals surface area (Å²) in [5, 5.41) is 10.1. The van der Waals surface area contributed by atoms with Gasteiger partial charge >= 0.3 is 0 Å². The number of rotatable bonds is 4. The third-order valence-electron chi connectivity index (χ3n) is 3.75. The highest BCUT2D eigenvalue weighted by Gasteiger charge is 2.07. The van der Waals surface area contributed by atoms with Crippen molar-refractivity contribution in [3.63, 3.8) is 0 Å². The number of H-pyrrole nitrogens is 1. The molecule has 0 radical (unpaired) electrons. The van der Waals surface area contributed by atoms with Crippen molar-refractivity contribution in [1.82, 2.24) is 15.2 Å². The predicted octanol–water partition coefficient (Wildman–Crippen LogP) is 4.86. The summed E-state index contributed by atoms with van der Waals surface area (Å²) < 4.78 is 5.92. The van der Waals surface area contributed by atoms with Crippen molar-refractivity contribution in [1.29, 1.82) is 0 Å². The Morgan fingerprint density at radius 2 is 1.71 bits per heavy atom. The third-order valence-corrected chi connectivity index (χ3v) is 4.00. The number of aromatic nitrogens is 3. The molecule has 1 heterocycles. The van der Waals surface area contributed by atoms with Crippen LogP contribution in [0, 0.1) is 0 Å². The zero-order valence-corrected chi connectivity index (χ0v) is 13.5. The van der Waals surface area contributed by atoms with Gasteiger partial charge in [-0.05, 0) is 35.7 Å². The van der Waals surface area contributed by atoms with Crippen molar-refractivity contribution >= 4 is 22.4 Å². The lowest BCUT2D eigenvalue weighted by atomic mass is 10.1. The quantitative estimate of drug-likeness (QED) is 0.579. The van der Waals surface area contributed by atoms with Gasteiger partial charge in [0.1, 0.15) is 12.4 Å². The smallest absolute Gasteiger partial charge is 0.181 e. The number of hydrogen-bond donors (Lipinski definition) is 1. The second kappa shape index (κ2) is 6.34. The van der Waals surface area contributed by atoms with E-state index in [2.05, 4.69) is 27.3 Å². The molecule has 118 valence electrons. The Balaban J connectivity index is 1.53. The van der Waals surface area contributed by atoms with Gasteiger partial charge in [-0.15, -0.1) is 0 Å². The topological polar surface area (TPSA) is 50.8 Å². The molecule has 0 unspecified atom stereocenters. The number of hydrogen-bond acceptors (Lipinski definition) is 3. The molecule has 4 aromatic rings. The zero-order valence-electron chi connectivity index (χ0n) is 12.7. The minimum atomic E-state index is 0.328. The van der Waals surface area contributed by atoms with E-state index in [1.54, 1.807) is 0 Å². The molecule has 0 saturated heterocycles. The molecule has 0 aliphatic heterocycles. The molecule has 0 aliphatic carbocycles. The van der Waals surface area contributed by atoms with Gasteiger partial charge in [-0.2, -0.15) is 5.10 Å². The molecule has 3 aromatic carbocycles. The van der Waals surface area contributed by atoms with Gasteiger partial charge in [0.25, 0.3) is 0 Å². The lowest BCUT2D eigenvalue weighted by molar-refractivity contribution is 0.300. The summed E-state index contributed by atoms with van der Waals surface area (Å²) in [4.78, 5) is 4.47. The van der Waals surface area contributed by atoms with Gasteiger partial charge in [0, 0.05) is 16.0 Å². The van der Waals surface area contributed by atoms with Crippen LogP contribution in [0.3, 0.4) is 0 Å². The van der Waals surface area contributed by atoms with Crippen LogP contribution in [0.15, 0.2) is 66.7 Å².